The molecule has 2 N–H and O–H groups in total. The first-order valence-electron chi connectivity index (χ1n) is 6.68. The zero-order valence-electron chi connectivity index (χ0n) is 12.1. The molecule has 2 aromatic carbocycles. The summed E-state index contributed by atoms with van der Waals surface area (Å²) in [4.78, 5) is 15.4. The topological polar surface area (TPSA) is 116 Å². The van der Waals surface area contributed by atoms with Crippen LogP contribution in [0.25, 0.3) is 21.0 Å². The molecule has 122 valence electrons. The van der Waals surface area contributed by atoms with Crippen molar-refractivity contribution in [2.24, 2.45) is 5.14 Å². The Hall–Kier alpha value is -2.62. The molecule has 0 aliphatic heterocycles. The summed E-state index contributed by atoms with van der Waals surface area (Å²) >= 11 is 1.41. The summed E-state index contributed by atoms with van der Waals surface area (Å²) in [5, 5.41) is 16.5. The Morgan fingerprint density at radius 1 is 1.00 bits per heavy atom. The normalized spacial score (nSPS) is 11.4. The predicted molar refractivity (Wildman–Crippen MR) is 91.0 cm³/mol. The lowest BCUT2D eigenvalue weighted by Gasteiger charge is -2.00. The van der Waals surface area contributed by atoms with E-state index in [9.17, 15) is 18.5 Å². The van der Waals surface area contributed by atoms with Gasteiger partial charge in [-0.25, -0.2) is 18.5 Å². The number of aromatic nitrogens is 1. The fourth-order valence-electron chi connectivity index (χ4n) is 2.08. The van der Waals surface area contributed by atoms with Gasteiger partial charge in [0.1, 0.15) is 5.01 Å². The first kappa shape index (κ1) is 16.2. The lowest BCUT2D eigenvalue weighted by Crippen LogP contribution is -2.11. The first-order valence-corrected chi connectivity index (χ1v) is 9.05. The molecule has 0 radical (unpaired) electrons. The number of nitrogens with two attached hydrogens (primary N) is 1. The van der Waals surface area contributed by atoms with Gasteiger partial charge in [0, 0.05) is 23.9 Å². The number of non-ortho nitro benzene ring substituents is 1. The summed E-state index contributed by atoms with van der Waals surface area (Å²) in [5.74, 6) is 0. The third kappa shape index (κ3) is 3.32. The highest BCUT2D eigenvalue weighted by molar-refractivity contribution is 7.89. The number of nitro benzene ring substituents is 1. The van der Waals surface area contributed by atoms with E-state index in [1.165, 1.54) is 35.6 Å². The second-order valence-corrected chi connectivity index (χ2v) is 7.50. The Morgan fingerprint density at radius 2 is 1.58 bits per heavy atom. The van der Waals surface area contributed by atoms with E-state index >= 15 is 0 Å². The fraction of sp³-hybridized carbons (Fsp3) is 0. The highest BCUT2D eigenvalue weighted by atomic mass is 32.2. The van der Waals surface area contributed by atoms with E-state index in [2.05, 4.69) is 4.98 Å². The van der Waals surface area contributed by atoms with Crippen LogP contribution < -0.4 is 5.14 Å². The van der Waals surface area contributed by atoms with Crippen LogP contribution in [0, 0.1) is 10.1 Å². The Bertz CT molecular complexity index is 994. The van der Waals surface area contributed by atoms with Gasteiger partial charge in [-0.3, -0.25) is 10.1 Å². The molecule has 0 spiro atoms. The molecule has 1 heterocycles. The van der Waals surface area contributed by atoms with Crippen molar-refractivity contribution in [2.45, 2.75) is 4.90 Å². The van der Waals surface area contributed by atoms with Gasteiger partial charge in [-0.15, -0.1) is 11.3 Å². The highest BCUT2D eigenvalue weighted by Gasteiger charge is 2.11. The van der Waals surface area contributed by atoms with E-state index in [0.29, 0.717) is 5.01 Å². The Morgan fingerprint density at radius 3 is 2.12 bits per heavy atom. The first-order chi connectivity index (χ1) is 11.3. The van der Waals surface area contributed by atoms with E-state index < -0.39 is 14.9 Å². The maximum atomic E-state index is 11.3. The number of nitro groups is 1. The molecule has 0 aliphatic rings. The average molecular weight is 361 g/mol. The zero-order valence-corrected chi connectivity index (χ0v) is 13.8. The number of primary sulfonamides is 1. The van der Waals surface area contributed by atoms with Crippen LogP contribution in [0.4, 0.5) is 5.69 Å². The molecule has 0 unspecified atom stereocenters. The van der Waals surface area contributed by atoms with Crippen molar-refractivity contribution in [2.75, 3.05) is 0 Å². The molecule has 3 aromatic rings. The monoisotopic (exact) mass is 361 g/mol. The molecule has 3 rings (SSSR count). The summed E-state index contributed by atoms with van der Waals surface area (Å²) in [6.45, 7) is 0. The van der Waals surface area contributed by atoms with Gasteiger partial charge >= 0.3 is 0 Å². The quantitative estimate of drug-likeness (QED) is 0.566. The summed E-state index contributed by atoms with van der Waals surface area (Å²) in [6, 6.07) is 12.3. The predicted octanol–water partition coefficient (Wildman–Crippen LogP) is 3.03. The molecule has 24 heavy (non-hydrogen) atoms. The van der Waals surface area contributed by atoms with E-state index in [1.54, 1.807) is 30.5 Å². The molecule has 0 saturated heterocycles. The van der Waals surface area contributed by atoms with E-state index in [1.807, 2.05) is 0 Å². The van der Waals surface area contributed by atoms with Crippen molar-refractivity contribution in [3.63, 3.8) is 0 Å². The SMILES string of the molecule is NS(=O)(=O)c1ccc(-c2ncc(-c3ccc([N+](=O)[O-])cc3)s2)cc1. The number of sulfonamides is 1. The Balaban J connectivity index is 1.89. The summed E-state index contributed by atoms with van der Waals surface area (Å²) in [5.41, 5.74) is 1.62. The molecule has 0 fully saturated rings. The maximum absolute atomic E-state index is 11.3. The van der Waals surface area contributed by atoms with Gasteiger partial charge in [0.25, 0.3) is 5.69 Å². The van der Waals surface area contributed by atoms with Crippen LogP contribution in [0.5, 0.6) is 0 Å². The van der Waals surface area contributed by atoms with Crippen LogP contribution in [0.1, 0.15) is 0 Å². The van der Waals surface area contributed by atoms with Crippen LogP contribution in [-0.2, 0) is 10.0 Å². The molecule has 0 aliphatic carbocycles. The number of rotatable bonds is 4. The highest BCUT2D eigenvalue weighted by Crippen LogP contribution is 2.33. The Kier molecular flexibility index (Phi) is 4.14. The van der Waals surface area contributed by atoms with Gasteiger partial charge in [0.05, 0.1) is 14.7 Å². The second kappa shape index (κ2) is 6.11. The van der Waals surface area contributed by atoms with Gasteiger partial charge in [-0.1, -0.05) is 12.1 Å². The third-order valence-corrected chi connectivity index (χ3v) is 5.32. The number of hydrogen-bond donors (Lipinski definition) is 1. The van der Waals surface area contributed by atoms with Crippen molar-refractivity contribution in [3.05, 3.63) is 64.8 Å². The molecule has 0 saturated carbocycles. The second-order valence-electron chi connectivity index (χ2n) is 4.90. The van der Waals surface area contributed by atoms with Gasteiger partial charge in [0.2, 0.25) is 10.0 Å². The maximum Gasteiger partial charge on any atom is 0.269 e. The minimum atomic E-state index is -3.72. The third-order valence-electron chi connectivity index (χ3n) is 3.30. The molecule has 0 atom stereocenters. The molecular formula is C15H11N3O4S2. The minimum Gasteiger partial charge on any atom is -0.258 e. The van der Waals surface area contributed by atoms with Gasteiger partial charge in [-0.2, -0.15) is 0 Å². The van der Waals surface area contributed by atoms with E-state index in [-0.39, 0.29) is 10.6 Å². The van der Waals surface area contributed by atoms with Crippen molar-refractivity contribution in [3.8, 4) is 21.0 Å². The van der Waals surface area contributed by atoms with E-state index in [4.69, 9.17) is 5.14 Å². The summed E-state index contributed by atoms with van der Waals surface area (Å²) < 4.78 is 22.5. The molecule has 7 nitrogen and oxygen atoms in total. The lowest BCUT2D eigenvalue weighted by molar-refractivity contribution is -0.384. The minimum absolute atomic E-state index is 0.0297. The molecule has 0 amide bonds. The van der Waals surface area contributed by atoms with Gasteiger partial charge in [0.15, 0.2) is 0 Å². The van der Waals surface area contributed by atoms with Gasteiger partial charge in [-0.05, 0) is 29.8 Å². The van der Waals surface area contributed by atoms with Crippen LogP contribution in [0.3, 0.4) is 0 Å². The molecule has 0 bridgehead atoms. The lowest BCUT2D eigenvalue weighted by atomic mass is 10.2. The van der Waals surface area contributed by atoms with Crippen LogP contribution in [0.2, 0.25) is 0 Å². The standard InChI is InChI=1S/C15H11N3O4S2/c16-24(21,22)13-7-3-11(4-8-13)15-17-9-14(23-15)10-1-5-12(6-2-10)18(19)20/h1-9H,(H2,16,21,22). The Labute approximate surface area is 141 Å². The molecule has 9 heteroatoms. The van der Waals surface area contributed by atoms with Crippen molar-refractivity contribution in [1.82, 2.24) is 4.98 Å². The number of hydrogen-bond acceptors (Lipinski definition) is 6. The summed E-state index contributed by atoms with van der Waals surface area (Å²) in [7, 11) is -3.72. The smallest absolute Gasteiger partial charge is 0.258 e. The zero-order chi connectivity index (χ0) is 17.3. The van der Waals surface area contributed by atoms with Crippen molar-refractivity contribution < 1.29 is 13.3 Å². The van der Waals surface area contributed by atoms with Gasteiger partial charge < -0.3 is 0 Å². The summed E-state index contributed by atoms with van der Waals surface area (Å²) in [6.07, 6.45) is 1.68. The van der Waals surface area contributed by atoms with Crippen molar-refractivity contribution >= 4 is 27.0 Å². The van der Waals surface area contributed by atoms with Crippen LogP contribution in [-0.4, -0.2) is 18.3 Å². The number of nitrogens with zero attached hydrogens (tertiary/aromatic N) is 2. The molecule has 1 aromatic heterocycles. The fourth-order valence-corrected chi connectivity index (χ4v) is 3.52. The average Bonchev–Trinajstić information content (AvgIpc) is 3.04. The van der Waals surface area contributed by atoms with E-state index in [0.717, 1.165) is 16.0 Å². The number of benzene rings is 2. The molecular weight excluding hydrogens is 350 g/mol. The van der Waals surface area contributed by atoms with Crippen LogP contribution >= 0.6 is 11.3 Å². The largest absolute Gasteiger partial charge is 0.269 e. The number of thiazole rings is 1. The van der Waals surface area contributed by atoms with Crippen LogP contribution in [0.15, 0.2) is 59.6 Å². The van der Waals surface area contributed by atoms with Crippen molar-refractivity contribution in [1.29, 1.82) is 0 Å².